The first kappa shape index (κ1) is 16.2. The van der Waals surface area contributed by atoms with Gasteiger partial charge in [0.2, 0.25) is 0 Å². The number of aryl methyl sites for hydroxylation is 2. The molecular formula is C14H15F3N6O. The Balaban J connectivity index is 1.72. The Kier molecular flexibility index (Phi) is 4.12. The number of hydrogen-bond acceptors (Lipinski definition) is 6. The average Bonchev–Trinajstić information content (AvgIpc) is 3.10. The van der Waals surface area contributed by atoms with Crippen molar-refractivity contribution in [3.63, 3.8) is 0 Å². The van der Waals surface area contributed by atoms with E-state index >= 15 is 0 Å². The molecule has 10 heteroatoms. The van der Waals surface area contributed by atoms with Crippen LogP contribution in [-0.4, -0.2) is 31.3 Å². The lowest BCUT2D eigenvalue weighted by Gasteiger charge is -2.11. The van der Waals surface area contributed by atoms with Crippen LogP contribution >= 0.6 is 0 Å². The van der Waals surface area contributed by atoms with Gasteiger partial charge in [-0.25, -0.2) is 4.98 Å². The summed E-state index contributed by atoms with van der Waals surface area (Å²) < 4.78 is 45.0. The van der Waals surface area contributed by atoms with Crippen molar-refractivity contribution < 1.29 is 17.7 Å². The van der Waals surface area contributed by atoms with Gasteiger partial charge in [0.15, 0.2) is 5.69 Å². The monoisotopic (exact) mass is 340 g/mol. The quantitative estimate of drug-likeness (QED) is 0.719. The predicted octanol–water partition coefficient (Wildman–Crippen LogP) is 2.79. The SMILES string of the molecule is Cc1noc(C)c1CCCNc1cc(C(F)(F)F)nc2ncnn12. The number of nitrogens with one attached hydrogen (secondary N) is 1. The third-order valence-electron chi connectivity index (χ3n) is 3.63. The van der Waals surface area contributed by atoms with Gasteiger partial charge in [0.05, 0.1) is 5.69 Å². The second-order valence-electron chi connectivity index (χ2n) is 5.33. The minimum absolute atomic E-state index is 0.0990. The van der Waals surface area contributed by atoms with Gasteiger partial charge in [0.25, 0.3) is 5.78 Å². The molecule has 0 spiro atoms. The lowest BCUT2D eigenvalue weighted by Crippen LogP contribution is -2.14. The van der Waals surface area contributed by atoms with Crippen LogP contribution in [0.4, 0.5) is 19.0 Å². The van der Waals surface area contributed by atoms with Crippen LogP contribution in [0.5, 0.6) is 0 Å². The predicted molar refractivity (Wildman–Crippen MR) is 78.6 cm³/mol. The fraction of sp³-hybridized carbons (Fsp3) is 0.429. The molecule has 0 saturated carbocycles. The summed E-state index contributed by atoms with van der Waals surface area (Å²) in [6.45, 7) is 4.15. The van der Waals surface area contributed by atoms with E-state index in [9.17, 15) is 13.2 Å². The zero-order valence-electron chi connectivity index (χ0n) is 13.1. The molecule has 7 nitrogen and oxygen atoms in total. The topological polar surface area (TPSA) is 81.1 Å². The van der Waals surface area contributed by atoms with Crippen molar-refractivity contribution >= 4 is 11.6 Å². The Morgan fingerprint density at radius 1 is 1.29 bits per heavy atom. The highest BCUT2D eigenvalue weighted by Crippen LogP contribution is 2.29. The molecule has 0 aliphatic heterocycles. The van der Waals surface area contributed by atoms with E-state index in [2.05, 4.69) is 25.5 Å². The molecule has 0 fully saturated rings. The van der Waals surface area contributed by atoms with Crippen molar-refractivity contribution in [3.05, 3.63) is 35.1 Å². The number of fused-ring (bicyclic) bond motifs is 1. The van der Waals surface area contributed by atoms with Crippen LogP contribution in [-0.2, 0) is 12.6 Å². The molecule has 0 atom stereocenters. The maximum Gasteiger partial charge on any atom is 0.433 e. The smallest absolute Gasteiger partial charge is 0.370 e. The second-order valence-corrected chi connectivity index (χ2v) is 5.33. The van der Waals surface area contributed by atoms with Gasteiger partial charge in [-0.05, 0) is 26.7 Å². The summed E-state index contributed by atoms with van der Waals surface area (Å²) in [5.74, 6) is 0.857. The Bertz CT molecular complexity index is 834. The zero-order valence-corrected chi connectivity index (χ0v) is 13.1. The highest BCUT2D eigenvalue weighted by Gasteiger charge is 2.34. The molecule has 1 N–H and O–H groups in total. The highest BCUT2D eigenvalue weighted by atomic mass is 19.4. The van der Waals surface area contributed by atoms with Crippen LogP contribution in [0, 0.1) is 13.8 Å². The van der Waals surface area contributed by atoms with E-state index in [0.29, 0.717) is 19.4 Å². The molecule has 3 heterocycles. The summed E-state index contributed by atoms with van der Waals surface area (Å²) in [7, 11) is 0. The fourth-order valence-corrected chi connectivity index (χ4v) is 2.42. The summed E-state index contributed by atoms with van der Waals surface area (Å²) >= 11 is 0. The largest absolute Gasteiger partial charge is 0.433 e. The molecular weight excluding hydrogens is 325 g/mol. The van der Waals surface area contributed by atoms with E-state index in [1.807, 2.05) is 13.8 Å². The van der Waals surface area contributed by atoms with Crippen LogP contribution < -0.4 is 5.32 Å². The van der Waals surface area contributed by atoms with Gasteiger partial charge in [-0.2, -0.15) is 27.8 Å². The number of aromatic nitrogens is 5. The molecule has 0 amide bonds. The standard InChI is InChI=1S/C14H15F3N6O/c1-8-10(9(2)24-22-8)4-3-5-18-12-6-11(14(15,16)17)21-13-19-7-20-23(12)13/h6-7,18H,3-5H2,1-2H3. The molecule has 0 aliphatic carbocycles. The molecule has 128 valence electrons. The van der Waals surface area contributed by atoms with Crippen molar-refractivity contribution in [1.29, 1.82) is 0 Å². The Morgan fingerprint density at radius 2 is 2.08 bits per heavy atom. The Morgan fingerprint density at radius 3 is 2.75 bits per heavy atom. The van der Waals surface area contributed by atoms with E-state index < -0.39 is 11.9 Å². The molecule has 0 unspecified atom stereocenters. The van der Waals surface area contributed by atoms with Crippen LogP contribution in [0.15, 0.2) is 16.9 Å². The van der Waals surface area contributed by atoms with Crippen molar-refractivity contribution in [1.82, 2.24) is 24.7 Å². The summed E-state index contributed by atoms with van der Waals surface area (Å²) in [4.78, 5) is 7.19. The van der Waals surface area contributed by atoms with Gasteiger partial charge in [0, 0.05) is 18.2 Å². The van der Waals surface area contributed by atoms with Crippen LogP contribution in [0.25, 0.3) is 5.78 Å². The van der Waals surface area contributed by atoms with E-state index in [4.69, 9.17) is 4.52 Å². The first-order valence-electron chi connectivity index (χ1n) is 7.30. The third kappa shape index (κ3) is 3.17. The number of halogens is 3. The number of anilines is 1. The first-order valence-corrected chi connectivity index (χ1v) is 7.30. The lowest BCUT2D eigenvalue weighted by molar-refractivity contribution is -0.141. The van der Waals surface area contributed by atoms with Gasteiger partial charge in [0.1, 0.15) is 17.9 Å². The molecule has 0 bridgehead atoms. The lowest BCUT2D eigenvalue weighted by atomic mass is 10.1. The van der Waals surface area contributed by atoms with Crippen LogP contribution in [0.1, 0.15) is 29.1 Å². The van der Waals surface area contributed by atoms with Crippen LogP contribution in [0.2, 0.25) is 0 Å². The number of nitrogens with zero attached hydrogens (tertiary/aromatic N) is 5. The van der Waals surface area contributed by atoms with Gasteiger partial charge >= 0.3 is 6.18 Å². The van der Waals surface area contributed by atoms with Crippen molar-refractivity contribution in [2.24, 2.45) is 0 Å². The molecule has 0 saturated heterocycles. The van der Waals surface area contributed by atoms with Gasteiger partial charge in [-0.15, -0.1) is 0 Å². The van der Waals surface area contributed by atoms with Crippen molar-refractivity contribution in [2.75, 3.05) is 11.9 Å². The molecule has 0 radical (unpaired) electrons. The third-order valence-corrected chi connectivity index (χ3v) is 3.63. The number of hydrogen-bond donors (Lipinski definition) is 1. The van der Waals surface area contributed by atoms with E-state index in [1.165, 1.54) is 4.52 Å². The minimum atomic E-state index is -4.54. The molecule has 3 aromatic rings. The normalized spacial score (nSPS) is 12.0. The van der Waals surface area contributed by atoms with Crippen molar-refractivity contribution in [2.45, 2.75) is 32.9 Å². The minimum Gasteiger partial charge on any atom is -0.370 e. The summed E-state index contributed by atoms with van der Waals surface area (Å²) in [5, 5.41) is 10.7. The second kappa shape index (κ2) is 6.10. The number of alkyl halides is 3. The Labute approximate surface area is 134 Å². The highest BCUT2D eigenvalue weighted by molar-refractivity contribution is 5.45. The zero-order chi connectivity index (χ0) is 17.3. The molecule has 3 rings (SSSR count). The summed E-state index contributed by atoms with van der Waals surface area (Å²) in [5.41, 5.74) is 0.846. The van der Waals surface area contributed by atoms with Crippen molar-refractivity contribution in [3.8, 4) is 0 Å². The number of rotatable bonds is 5. The molecule has 0 aliphatic rings. The fourth-order valence-electron chi connectivity index (χ4n) is 2.42. The molecule has 24 heavy (non-hydrogen) atoms. The average molecular weight is 340 g/mol. The summed E-state index contributed by atoms with van der Waals surface area (Å²) in [6, 6.07) is 0.928. The maximum absolute atomic E-state index is 12.9. The Hall–Kier alpha value is -2.65. The van der Waals surface area contributed by atoms with Crippen LogP contribution in [0.3, 0.4) is 0 Å². The van der Waals surface area contributed by atoms with E-state index in [1.54, 1.807) is 0 Å². The molecule has 3 aromatic heterocycles. The summed E-state index contributed by atoms with van der Waals surface area (Å²) in [6.07, 6.45) is -1.97. The molecule has 0 aromatic carbocycles. The maximum atomic E-state index is 12.9. The first-order chi connectivity index (χ1) is 11.4. The van der Waals surface area contributed by atoms with E-state index in [-0.39, 0.29) is 11.6 Å². The van der Waals surface area contributed by atoms with Gasteiger partial charge in [-0.1, -0.05) is 5.16 Å². The van der Waals surface area contributed by atoms with Gasteiger partial charge < -0.3 is 9.84 Å². The van der Waals surface area contributed by atoms with E-state index in [0.717, 1.165) is 29.4 Å². The van der Waals surface area contributed by atoms with Gasteiger partial charge in [-0.3, -0.25) is 0 Å².